The van der Waals surface area contributed by atoms with Gasteiger partial charge in [0, 0.05) is 25.0 Å². The molecule has 106 valence electrons. The summed E-state index contributed by atoms with van der Waals surface area (Å²) < 4.78 is 5.17. The molecule has 0 saturated carbocycles. The Morgan fingerprint density at radius 1 is 1.30 bits per heavy atom. The zero-order valence-electron chi connectivity index (χ0n) is 11.8. The van der Waals surface area contributed by atoms with Gasteiger partial charge in [-0.3, -0.25) is 4.98 Å². The molecule has 0 spiro atoms. The molecule has 1 heterocycles. The van der Waals surface area contributed by atoms with Gasteiger partial charge in [0.05, 0.1) is 13.2 Å². The minimum Gasteiger partial charge on any atom is -0.497 e. The third kappa shape index (κ3) is 3.79. The lowest BCUT2D eigenvalue weighted by Gasteiger charge is -2.21. The Hall–Kier alpha value is -1.91. The van der Waals surface area contributed by atoms with Crippen molar-refractivity contribution in [2.24, 2.45) is 0 Å². The van der Waals surface area contributed by atoms with E-state index in [2.05, 4.69) is 10.3 Å². The topological polar surface area (TPSA) is 54.4 Å². The summed E-state index contributed by atoms with van der Waals surface area (Å²) in [6, 6.07) is 11.3. The average Bonchev–Trinajstić information content (AvgIpc) is 2.53. The smallest absolute Gasteiger partial charge is 0.119 e. The summed E-state index contributed by atoms with van der Waals surface area (Å²) in [5.74, 6) is 0.751. The molecule has 0 aliphatic heterocycles. The molecule has 4 heteroatoms. The molecular weight excluding hydrogens is 252 g/mol. The number of methoxy groups -OCH3 is 1. The van der Waals surface area contributed by atoms with Crippen molar-refractivity contribution in [2.75, 3.05) is 7.11 Å². The Morgan fingerprint density at radius 2 is 2.15 bits per heavy atom. The van der Waals surface area contributed by atoms with Gasteiger partial charge < -0.3 is 15.2 Å². The minimum atomic E-state index is -0.582. The lowest BCUT2D eigenvalue weighted by atomic mass is 10.0. The lowest BCUT2D eigenvalue weighted by molar-refractivity contribution is 0.135. The quantitative estimate of drug-likeness (QED) is 0.847. The highest BCUT2D eigenvalue weighted by molar-refractivity contribution is 5.30. The van der Waals surface area contributed by atoms with Crippen LogP contribution in [0.25, 0.3) is 0 Å². The van der Waals surface area contributed by atoms with Crippen LogP contribution in [-0.4, -0.2) is 23.2 Å². The van der Waals surface area contributed by atoms with Gasteiger partial charge in [-0.1, -0.05) is 18.2 Å². The highest BCUT2D eigenvalue weighted by atomic mass is 16.5. The van der Waals surface area contributed by atoms with Crippen LogP contribution in [0, 0.1) is 0 Å². The van der Waals surface area contributed by atoms with Gasteiger partial charge >= 0.3 is 0 Å². The molecule has 2 atom stereocenters. The number of nitrogens with one attached hydrogen (secondary N) is 1. The second-order valence-electron chi connectivity index (χ2n) is 4.75. The molecule has 0 aliphatic rings. The molecule has 2 unspecified atom stereocenters. The second kappa shape index (κ2) is 7.03. The standard InChI is InChI=1S/C16H20N2O2/c1-12(18-11-13-5-4-8-17-10-13)16(19)14-6-3-7-15(9-14)20-2/h3-10,12,16,18-19H,11H2,1-2H3. The van der Waals surface area contributed by atoms with Crippen LogP contribution >= 0.6 is 0 Å². The maximum absolute atomic E-state index is 10.4. The van der Waals surface area contributed by atoms with E-state index >= 15 is 0 Å². The summed E-state index contributed by atoms with van der Waals surface area (Å²) in [7, 11) is 1.62. The molecule has 1 aromatic heterocycles. The van der Waals surface area contributed by atoms with Crippen molar-refractivity contribution in [3.05, 3.63) is 59.9 Å². The van der Waals surface area contributed by atoms with Gasteiger partial charge in [0.25, 0.3) is 0 Å². The first-order chi connectivity index (χ1) is 9.70. The van der Waals surface area contributed by atoms with E-state index in [9.17, 15) is 5.11 Å². The van der Waals surface area contributed by atoms with Crippen LogP contribution in [0.2, 0.25) is 0 Å². The number of aliphatic hydroxyl groups excluding tert-OH is 1. The number of ether oxygens (including phenoxy) is 1. The monoisotopic (exact) mass is 272 g/mol. The zero-order valence-corrected chi connectivity index (χ0v) is 11.8. The van der Waals surface area contributed by atoms with E-state index in [-0.39, 0.29) is 6.04 Å². The predicted octanol–water partition coefficient (Wildman–Crippen LogP) is 2.30. The van der Waals surface area contributed by atoms with Crippen LogP contribution in [0.3, 0.4) is 0 Å². The van der Waals surface area contributed by atoms with E-state index in [0.29, 0.717) is 6.54 Å². The molecule has 20 heavy (non-hydrogen) atoms. The number of hydrogen-bond donors (Lipinski definition) is 2. The Labute approximate surface area is 119 Å². The molecule has 0 bridgehead atoms. The van der Waals surface area contributed by atoms with Crippen LogP contribution in [0.5, 0.6) is 5.75 Å². The molecule has 0 fully saturated rings. The first-order valence-corrected chi connectivity index (χ1v) is 6.65. The summed E-state index contributed by atoms with van der Waals surface area (Å²) in [5, 5.41) is 13.7. The van der Waals surface area contributed by atoms with Crippen molar-refractivity contribution in [3.8, 4) is 5.75 Å². The fourth-order valence-corrected chi connectivity index (χ4v) is 2.01. The fourth-order valence-electron chi connectivity index (χ4n) is 2.01. The maximum atomic E-state index is 10.4. The van der Waals surface area contributed by atoms with Gasteiger partial charge in [-0.2, -0.15) is 0 Å². The Balaban J connectivity index is 1.95. The summed E-state index contributed by atoms with van der Waals surface area (Å²) in [4.78, 5) is 4.07. The number of benzene rings is 1. The Bertz CT molecular complexity index is 531. The molecule has 1 aromatic carbocycles. The third-order valence-electron chi connectivity index (χ3n) is 3.26. The highest BCUT2D eigenvalue weighted by Crippen LogP contribution is 2.21. The van der Waals surface area contributed by atoms with Gasteiger partial charge in [0.2, 0.25) is 0 Å². The van der Waals surface area contributed by atoms with Crippen LogP contribution in [-0.2, 0) is 6.54 Å². The van der Waals surface area contributed by atoms with Crippen LogP contribution in [0.4, 0.5) is 0 Å². The normalized spacial score (nSPS) is 13.8. The highest BCUT2D eigenvalue weighted by Gasteiger charge is 2.16. The van der Waals surface area contributed by atoms with Crippen molar-refractivity contribution >= 4 is 0 Å². The van der Waals surface area contributed by atoms with Crippen molar-refractivity contribution in [1.29, 1.82) is 0 Å². The largest absolute Gasteiger partial charge is 0.497 e. The molecule has 2 aromatic rings. The first-order valence-electron chi connectivity index (χ1n) is 6.65. The third-order valence-corrected chi connectivity index (χ3v) is 3.26. The minimum absolute atomic E-state index is 0.0673. The van der Waals surface area contributed by atoms with E-state index < -0.39 is 6.10 Å². The zero-order chi connectivity index (χ0) is 14.4. The number of pyridine rings is 1. The Morgan fingerprint density at radius 3 is 2.85 bits per heavy atom. The summed E-state index contributed by atoms with van der Waals surface area (Å²) in [6.07, 6.45) is 2.98. The molecular formula is C16H20N2O2. The van der Waals surface area contributed by atoms with Crippen LogP contribution in [0.1, 0.15) is 24.2 Å². The van der Waals surface area contributed by atoms with E-state index in [4.69, 9.17) is 4.74 Å². The summed E-state index contributed by atoms with van der Waals surface area (Å²) in [5.41, 5.74) is 1.94. The summed E-state index contributed by atoms with van der Waals surface area (Å²) >= 11 is 0. The van der Waals surface area contributed by atoms with E-state index in [0.717, 1.165) is 16.9 Å². The molecule has 2 rings (SSSR count). The number of aliphatic hydroxyl groups is 1. The number of hydrogen-bond acceptors (Lipinski definition) is 4. The second-order valence-corrected chi connectivity index (χ2v) is 4.75. The van der Waals surface area contributed by atoms with E-state index in [1.54, 1.807) is 13.3 Å². The van der Waals surface area contributed by atoms with Gasteiger partial charge in [-0.25, -0.2) is 0 Å². The van der Waals surface area contributed by atoms with E-state index in [1.165, 1.54) is 0 Å². The van der Waals surface area contributed by atoms with Gasteiger partial charge in [-0.05, 0) is 36.2 Å². The number of nitrogens with zero attached hydrogens (tertiary/aromatic N) is 1. The van der Waals surface area contributed by atoms with Crippen LogP contribution < -0.4 is 10.1 Å². The first kappa shape index (κ1) is 14.5. The van der Waals surface area contributed by atoms with Gasteiger partial charge in [0.1, 0.15) is 5.75 Å². The number of rotatable bonds is 6. The van der Waals surface area contributed by atoms with Crippen LogP contribution in [0.15, 0.2) is 48.8 Å². The number of aromatic nitrogens is 1. The summed E-state index contributed by atoms with van der Waals surface area (Å²) in [6.45, 7) is 2.64. The molecule has 0 saturated heterocycles. The average molecular weight is 272 g/mol. The molecule has 2 N–H and O–H groups in total. The van der Waals surface area contributed by atoms with Crippen molar-refractivity contribution in [3.63, 3.8) is 0 Å². The van der Waals surface area contributed by atoms with Gasteiger partial charge in [-0.15, -0.1) is 0 Å². The van der Waals surface area contributed by atoms with Gasteiger partial charge in [0.15, 0.2) is 0 Å². The van der Waals surface area contributed by atoms with Crippen molar-refractivity contribution in [1.82, 2.24) is 10.3 Å². The molecule has 0 radical (unpaired) electrons. The predicted molar refractivity (Wildman–Crippen MR) is 78.5 cm³/mol. The fraction of sp³-hybridized carbons (Fsp3) is 0.312. The Kier molecular flexibility index (Phi) is 5.09. The van der Waals surface area contributed by atoms with Crippen molar-refractivity contribution < 1.29 is 9.84 Å². The lowest BCUT2D eigenvalue weighted by Crippen LogP contribution is -2.31. The molecule has 0 amide bonds. The molecule has 0 aliphatic carbocycles. The van der Waals surface area contributed by atoms with Crippen molar-refractivity contribution in [2.45, 2.75) is 25.6 Å². The maximum Gasteiger partial charge on any atom is 0.119 e. The SMILES string of the molecule is COc1cccc(C(O)C(C)NCc2cccnc2)c1. The molecule has 4 nitrogen and oxygen atoms in total. The van der Waals surface area contributed by atoms with E-state index in [1.807, 2.05) is 49.5 Å².